The monoisotopic (exact) mass is 370 g/mol. The SMILES string of the molecule is O=C(Oc1ccccc1)c1cccc(C2=CCCN(Cc3ccccc3)C2)n1. The lowest BCUT2D eigenvalue weighted by molar-refractivity contribution is 0.0728. The molecular formula is C24H22N2O2. The molecule has 0 amide bonds. The predicted octanol–water partition coefficient (Wildman–Crippen LogP) is 4.59. The highest BCUT2D eigenvalue weighted by Gasteiger charge is 2.17. The largest absolute Gasteiger partial charge is 0.422 e. The van der Waals surface area contributed by atoms with Crippen molar-refractivity contribution in [1.82, 2.24) is 9.88 Å². The Morgan fingerprint density at radius 3 is 2.46 bits per heavy atom. The van der Waals surface area contributed by atoms with E-state index in [1.807, 2.05) is 36.4 Å². The summed E-state index contributed by atoms with van der Waals surface area (Å²) in [5.74, 6) is 0.0798. The molecule has 140 valence electrons. The summed E-state index contributed by atoms with van der Waals surface area (Å²) in [6, 6.07) is 25.0. The molecule has 1 aromatic heterocycles. The lowest BCUT2D eigenvalue weighted by Gasteiger charge is -2.27. The lowest BCUT2D eigenvalue weighted by Crippen LogP contribution is -2.29. The maximum Gasteiger partial charge on any atom is 0.362 e. The van der Waals surface area contributed by atoms with Gasteiger partial charge in [-0.2, -0.15) is 0 Å². The lowest BCUT2D eigenvalue weighted by atomic mass is 10.0. The van der Waals surface area contributed by atoms with Gasteiger partial charge in [0.1, 0.15) is 11.4 Å². The van der Waals surface area contributed by atoms with Crippen molar-refractivity contribution in [3.8, 4) is 5.75 Å². The summed E-state index contributed by atoms with van der Waals surface area (Å²) in [6.45, 7) is 2.75. The van der Waals surface area contributed by atoms with Crippen molar-refractivity contribution in [3.05, 3.63) is 102 Å². The van der Waals surface area contributed by atoms with E-state index >= 15 is 0 Å². The number of carbonyl (C=O) groups is 1. The van der Waals surface area contributed by atoms with Crippen LogP contribution in [0.4, 0.5) is 0 Å². The van der Waals surface area contributed by atoms with Gasteiger partial charge in [-0.3, -0.25) is 4.90 Å². The van der Waals surface area contributed by atoms with Crippen LogP contribution in [0.25, 0.3) is 5.57 Å². The number of esters is 1. The number of hydrogen-bond acceptors (Lipinski definition) is 4. The van der Waals surface area contributed by atoms with E-state index in [-0.39, 0.29) is 0 Å². The molecule has 3 aromatic rings. The van der Waals surface area contributed by atoms with E-state index in [4.69, 9.17) is 4.74 Å². The van der Waals surface area contributed by atoms with Gasteiger partial charge < -0.3 is 4.74 Å². The van der Waals surface area contributed by atoms with Crippen molar-refractivity contribution in [2.45, 2.75) is 13.0 Å². The number of para-hydroxylation sites is 1. The number of ether oxygens (including phenoxy) is 1. The first-order valence-electron chi connectivity index (χ1n) is 9.48. The Morgan fingerprint density at radius 2 is 1.68 bits per heavy atom. The second kappa shape index (κ2) is 8.63. The van der Waals surface area contributed by atoms with Gasteiger partial charge in [0.05, 0.1) is 5.69 Å². The number of aromatic nitrogens is 1. The molecule has 0 bridgehead atoms. The molecule has 1 aliphatic rings. The summed E-state index contributed by atoms with van der Waals surface area (Å²) in [5, 5.41) is 0. The van der Waals surface area contributed by atoms with Crippen LogP contribution in [0, 0.1) is 0 Å². The second-order valence-electron chi connectivity index (χ2n) is 6.82. The number of pyridine rings is 1. The fourth-order valence-corrected chi connectivity index (χ4v) is 3.34. The molecular weight excluding hydrogens is 348 g/mol. The fourth-order valence-electron chi connectivity index (χ4n) is 3.34. The van der Waals surface area contributed by atoms with Crippen LogP contribution in [-0.2, 0) is 6.54 Å². The Bertz CT molecular complexity index is 968. The van der Waals surface area contributed by atoms with Crippen molar-refractivity contribution in [3.63, 3.8) is 0 Å². The van der Waals surface area contributed by atoms with E-state index in [0.717, 1.165) is 37.3 Å². The summed E-state index contributed by atoms with van der Waals surface area (Å²) in [7, 11) is 0. The van der Waals surface area contributed by atoms with Crippen molar-refractivity contribution >= 4 is 11.5 Å². The fraction of sp³-hybridized carbons (Fsp3) is 0.167. The molecule has 0 aliphatic carbocycles. The highest BCUT2D eigenvalue weighted by atomic mass is 16.5. The van der Waals surface area contributed by atoms with Gasteiger partial charge in [0.2, 0.25) is 0 Å². The first-order valence-corrected chi connectivity index (χ1v) is 9.48. The molecule has 0 saturated heterocycles. The average Bonchev–Trinajstić information content (AvgIpc) is 2.75. The smallest absolute Gasteiger partial charge is 0.362 e. The highest BCUT2D eigenvalue weighted by Crippen LogP contribution is 2.21. The van der Waals surface area contributed by atoms with Crippen LogP contribution in [-0.4, -0.2) is 28.9 Å². The Labute approximate surface area is 165 Å². The molecule has 0 atom stereocenters. The van der Waals surface area contributed by atoms with Crippen molar-refractivity contribution in [2.24, 2.45) is 0 Å². The number of hydrogen-bond donors (Lipinski definition) is 0. The predicted molar refractivity (Wildman–Crippen MR) is 110 cm³/mol. The average molecular weight is 370 g/mol. The van der Waals surface area contributed by atoms with Crippen LogP contribution in [0.3, 0.4) is 0 Å². The van der Waals surface area contributed by atoms with Gasteiger partial charge in [-0.25, -0.2) is 9.78 Å². The number of rotatable bonds is 5. The van der Waals surface area contributed by atoms with Gasteiger partial charge in [0, 0.05) is 19.6 Å². The molecule has 0 spiro atoms. The number of carbonyl (C=O) groups excluding carboxylic acids is 1. The zero-order valence-corrected chi connectivity index (χ0v) is 15.6. The molecule has 0 fully saturated rings. The van der Waals surface area contributed by atoms with Gasteiger partial charge in [-0.05, 0) is 41.8 Å². The molecule has 0 radical (unpaired) electrons. The summed E-state index contributed by atoms with van der Waals surface area (Å²) in [4.78, 5) is 19.4. The van der Waals surface area contributed by atoms with Crippen molar-refractivity contribution in [1.29, 1.82) is 0 Å². The van der Waals surface area contributed by atoms with Gasteiger partial charge in [-0.1, -0.05) is 60.7 Å². The third-order valence-corrected chi connectivity index (χ3v) is 4.72. The maximum atomic E-state index is 12.4. The van der Waals surface area contributed by atoms with Crippen LogP contribution in [0.5, 0.6) is 5.75 Å². The third kappa shape index (κ3) is 4.53. The molecule has 4 heteroatoms. The minimum Gasteiger partial charge on any atom is -0.422 e. The minimum atomic E-state index is -0.439. The summed E-state index contributed by atoms with van der Waals surface area (Å²) < 4.78 is 5.41. The van der Waals surface area contributed by atoms with Crippen LogP contribution < -0.4 is 4.74 Å². The summed E-state index contributed by atoms with van der Waals surface area (Å²) in [5.41, 5.74) is 3.61. The van der Waals surface area contributed by atoms with Gasteiger partial charge in [0.15, 0.2) is 0 Å². The molecule has 2 aromatic carbocycles. The first-order chi connectivity index (χ1) is 13.8. The zero-order chi connectivity index (χ0) is 19.2. The Kier molecular flexibility index (Phi) is 5.59. The number of nitrogens with zero attached hydrogens (tertiary/aromatic N) is 2. The van der Waals surface area contributed by atoms with Gasteiger partial charge in [-0.15, -0.1) is 0 Å². The topological polar surface area (TPSA) is 42.4 Å². The van der Waals surface area contributed by atoms with E-state index in [2.05, 4.69) is 40.2 Å². The zero-order valence-electron chi connectivity index (χ0n) is 15.6. The van der Waals surface area contributed by atoms with E-state index in [0.29, 0.717) is 11.4 Å². The van der Waals surface area contributed by atoms with Crippen LogP contribution in [0.15, 0.2) is 84.9 Å². The van der Waals surface area contributed by atoms with Gasteiger partial charge >= 0.3 is 5.97 Å². The maximum absolute atomic E-state index is 12.4. The Balaban J connectivity index is 1.46. The van der Waals surface area contributed by atoms with Crippen LogP contribution >= 0.6 is 0 Å². The molecule has 0 N–H and O–H groups in total. The molecule has 4 rings (SSSR count). The minimum absolute atomic E-state index is 0.322. The van der Waals surface area contributed by atoms with E-state index in [9.17, 15) is 4.79 Å². The summed E-state index contributed by atoms with van der Waals surface area (Å²) in [6.07, 6.45) is 3.19. The molecule has 0 saturated carbocycles. The van der Waals surface area contributed by atoms with E-state index in [1.54, 1.807) is 18.2 Å². The van der Waals surface area contributed by atoms with Gasteiger partial charge in [0.25, 0.3) is 0 Å². The van der Waals surface area contributed by atoms with Crippen LogP contribution in [0.1, 0.15) is 28.2 Å². The van der Waals surface area contributed by atoms with Crippen molar-refractivity contribution < 1.29 is 9.53 Å². The molecule has 0 unspecified atom stereocenters. The van der Waals surface area contributed by atoms with Crippen LogP contribution in [0.2, 0.25) is 0 Å². The van der Waals surface area contributed by atoms with Crippen molar-refractivity contribution in [2.75, 3.05) is 13.1 Å². The normalized spacial score (nSPS) is 14.4. The Morgan fingerprint density at radius 1 is 0.929 bits per heavy atom. The molecule has 2 heterocycles. The molecule has 1 aliphatic heterocycles. The van der Waals surface area contributed by atoms with E-state index < -0.39 is 5.97 Å². The Hall–Kier alpha value is -3.24. The standard InChI is InChI=1S/C24H22N2O2/c27-24(28-21-12-5-2-6-13-21)23-15-7-14-22(25-23)20-11-8-16-26(18-20)17-19-9-3-1-4-10-19/h1-7,9-15H,8,16-18H2. The summed E-state index contributed by atoms with van der Waals surface area (Å²) >= 11 is 0. The third-order valence-electron chi connectivity index (χ3n) is 4.72. The number of benzene rings is 2. The second-order valence-corrected chi connectivity index (χ2v) is 6.82. The highest BCUT2D eigenvalue weighted by molar-refractivity contribution is 5.89. The quantitative estimate of drug-likeness (QED) is 0.487. The van der Waals surface area contributed by atoms with E-state index in [1.165, 1.54) is 5.56 Å². The molecule has 28 heavy (non-hydrogen) atoms. The molecule has 4 nitrogen and oxygen atoms in total. The first kappa shape index (κ1) is 18.1.